The lowest BCUT2D eigenvalue weighted by Crippen LogP contribution is -2.50. The van der Waals surface area contributed by atoms with Crippen LogP contribution in [0.5, 0.6) is 0 Å². The van der Waals surface area contributed by atoms with Gasteiger partial charge in [-0.1, -0.05) is 6.92 Å². The number of nitrogens with zero attached hydrogens (tertiary/aromatic N) is 3. The van der Waals surface area contributed by atoms with Crippen molar-refractivity contribution in [3.8, 4) is 0 Å². The fourth-order valence-electron chi connectivity index (χ4n) is 1.77. The van der Waals surface area contributed by atoms with Crippen molar-refractivity contribution in [3.63, 3.8) is 0 Å². The highest BCUT2D eigenvalue weighted by Gasteiger charge is 2.34. The topological polar surface area (TPSA) is 33.1 Å². The van der Waals surface area contributed by atoms with E-state index in [-0.39, 0.29) is 11.6 Å². The molecule has 1 heterocycles. The van der Waals surface area contributed by atoms with Crippen LogP contribution in [0, 0.1) is 0 Å². The first-order chi connectivity index (χ1) is 7.41. The molecule has 1 rings (SSSR count). The minimum Gasteiger partial charge on any atom is -0.337 e. The van der Waals surface area contributed by atoms with E-state index in [1.54, 1.807) is 0 Å². The molecule has 1 unspecified atom stereocenters. The molecule has 1 aromatic rings. The fraction of sp³-hybridized carbons (Fsp3) is 0.750. The predicted molar refractivity (Wildman–Crippen MR) is 67.4 cm³/mol. The monoisotopic (exact) mass is 224 g/mol. The number of likely N-dealkylation sites (N-methyl/N-ethyl adjacent to an activating group) is 2. The van der Waals surface area contributed by atoms with Crippen molar-refractivity contribution >= 4 is 0 Å². The molecule has 0 radical (unpaired) electrons. The molecule has 4 heteroatoms. The molecule has 0 aliphatic rings. The van der Waals surface area contributed by atoms with Crippen LogP contribution >= 0.6 is 0 Å². The van der Waals surface area contributed by atoms with Crippen LogP contribution in [-0.2, 0) is 7.05 Å². The molecule has 0 bridgehead atoms. The number of nitrogens with one attached hydrogen (secondary N) is 1. The van der Waals surface area contributed by atoms with Crippen LogP contribution in [-0.4, -0.2) is 40.6 Å². The second-order valence-corrected chi connectivity index (χ2v) is 4.94. The largest absolute Gasteiger partial charge is 0.337 e. The van der Waals surface area contributed by atoms with E-state index in [1.807, 2.05) is 19.4 Å². The second-order valence-electron chi connectivity index (χ2n) is 4.94. The summed E-state index contributed by atoms with van der Waals surface area (Å²) in [6.45, 7) is 7.53. The summed E-state index contributed by atoms with van der Waals surface area (Å²) in [7, 11) is 6.25. The summed E-state index contributed by atoms with van der Waals surface area (Å²) in [6.07, 6.45) is 3.84. The highest BCUT2D eigenvalue weighted by Crippen LogP contribution is 2.27. The molecule has 0 aliphatic heterocycles. The Kier molecular flexibility index (Phi) is 4.10. The lowest BCUT2D eigenvalue weighted by Gasteiger charge is -2.40. The number of hydrogen-bond acceptors (Lipinski definition) is 3. The number of aryl methyl sites for hydroxylation is 1. The van der Waals surface area contributed by atoms with Crippen molar-refractivity contribution in [3.05, 3.63) is 18.2 Å². The molecule has 1 N–H and O–H groups in total. The Balaban J connectivity index is 3.05. The standard InChI is InChI=1S/C12H24N4/c1-7-13-10(12(2,3)15(4)5)11-14-8-9-16(11)6/h8-10,13H,7H2,1-6H3. The lowest BCUT2D eigenvalue weighted by molar-refractivity contribution is 0.133. The van der Waals surface area contributed by atoms with Crippen LogP contribution in [0.25, 0.3) is 0 Å². The van der Waals surface area contributed by atoms with Gasteiger partial charge in [-0.3, -0.25) is 0 Å². The number of imidazole rings is 1. The van der Waals surface area contributed by atoms with E-state index in [0.717, 1.165) is 12.4 Å². The van der Waals surface area contributed by atoms with Gasteiger partial charge in [0.2, 0.25) is 0 Å². The van der Waals surface area contributed by atoms with Crippen LogP contribution in [0.3, 0.4) is 0 Å². The highest BCUT2D eigenvalue weighted by molar-refractivity contribution is 5.07. The number of rotatable bonds is 5. The summed E-state index contributed by atoms with van der Waals surface area (Å²) in [5, 5.41) is 3.52. The highest BCUT2D eigenvalue weighted by atomic mass is 15.2. The maximum atomic E-state index is 4.46. The Morgan fingerprint density at radius 3 is 2.50 bits per heavy atom. The van der Waals surface area contributed by atoms with E-state index in [2.05, 4.69) is 54.6 Å². The maximum absolute atomic E-state index is 4.46. The van der Waals surface area contributed by atoms with Crippen LogP contribution in [0.15, 0.2) is 12.4 Å². The van der Waals surface area contributed by atoms with Crippen LogP contribution in [0.4, 0.5) is 0 Å². The molecule has 4 nitrogen and oxygen atoms in total. The average Bonchev–Trinajstić information content (AvgIpc) is 2.60. The number of hydrogen-bond donors (Lipinski definition) is 1. The van der Waals surface area contributed by atoms with Gasteiger partial charge in [0.05, 0.1) is 6.04 Å². The third-order valence-corrected chi connectivity index (χ3v) is 3.38. The first-order valence-electron chi connectivity index (χ1n) is 5.79. The lowest BCUT2D eigenvalue weighted by atomic mass is 9.92. The van der Waals surface area contributed by atoms with Crippen LogP contribution in [0.2, 0.25) is 0 Å². The van der Waals surface area contributed by atoms with Crippen molar-refractivity contribution in [2.45, 2.75) is 32.4 Å². The predicted octanol–water partition coefficient (Wildman–Crippen LogP) is 1.41. The minimum absolute atomic E-state index is 0.0229. The van der Waals surface area contributed by atoms with Gasteiger partial charge in [0, 0.05) is 25.0 Å². The SMILES string of the molecule is CCNC(c1nccn1C)C(C)(C)N(C)C. The quantitative estimate of drug-likeness (QED) is 0.821. The Morgan fingerprint density at radius 2 is 2.12 bits per heavy atom. The van der Waals surface area contributed by atoms with Gasteiger partial charge in [-0.15, -0.1) is 0 Å². The Labute approximate surface area is 98.7 Å². The summed E-state index contributed by atoms with van der Waals surface area (Å²) in [5.41, 5.74) is 0.0229. The van der Waals surface area contributed by atoms with Gasteiger partial charge < -0.3 is 14.8 Å². The molecule has 0 spiro atoms. The summed E-state index contributed by atoms with van der Waals surface area (Å²) < 4.78 is 2.08. The van der Waals surface area contributed by atoms with Gasteiger partial charge in [-0.05, 0) is 34.5 Å². The van der Waals surface area contributed by atoms with E-state index in [1.165, 1.54) is 0 Å². The van der Waals surface area contributed by atoms with Crippen molar-refractivity contribution in [1.29, 1.82) is 0 Å². The zero-order valence-corrected chi connectivity index (χ0v) is 11.3. The molecule has 16 heavy (non-hydrogen) atoms. The molecular formula is C12H24N4. The van der Waals surface area contributed by atoms with Crippen LogP contribution in [0.1, 0.15) is 32.6 Å². The van der Waals surface area contributed by atoms with E-state index >= 15 is 0 Å². The molecular weight excluding hydrogens is 200 g/mol. The van der Waals surface area contributed by atoms with Crippen molar-refractivity contribution in [1.82, 2.24) is 19.8 Å². The average molecular weight is 224 g/mol. The van der Waals surface area contributed by atoms with Gasteiger partial charge in [0.1, 0.15) is 5.82 Å². The second kappa shape index (κ2) is 4.97. The van der Waals surface area contributed by atoms with E-state index in [4.69, 9.17) is 0 Å². The maximum Gasteiger partial charge on any atom is 0.127 e. The summed E-state index contributed by atoms with van der Waals surface area (Å²) >= 11 is 0. The smallest absolute Gasteiger partial charge is 0.127 e. The summed E-state index contributed by atoms with van der Waals surface area (Å²) in [5.74, 6) is 1.08. The molecule has 1 aromatic heterocycles. The van der Waals surface area contributed by atoms with Crippen molar-refractivity contribution in [2.24, 2.45) is 7.05 Å². The van der Waals surface area contributed by atoms with Gasteiger partial charge in [0.15, 0.2) is 0 Å². The molecule has 0 amide bonds. The Bertz CT molecular complexity index is 328. The third-order valence-electron chi connectivity index (χ3n) is 3.38. The fourth-order valence-corrected chi connectivity index (χ4v) is 1.77. The minimum atomic E-state index is 0.0229. The molecule has 0 saturated carbocycles. The third kappa shape index (κ3) is 2.44. The summed E-state index contributed by atoms with van der Waals surface area (Å²) in [4.78, 5) is 6.69. The molecule has 0 fully saturated rings. The van der Waals surface area contributed by atoms with Gasteiger partial charge >= 0.3 is 0 Å². The molecule has 0 aliphatic carbocycles. The zero-order chi connectivity index (χ0) is 12.3. The van der Waals surface area contributed by atoms with E-state index < -0.39 is 0 Å². The Hall–Kier alpha value is -0.870. The van der Waals surface area contributed by atoms with Gasteiger partial charge in [0.25, 0.3) is 0 Å². The molecule has 0 aromatic carbocycles. The van der Waals surface area contributed by atoms with Crippen molar-refractivity contribution < 1.29 is 0 Å². The normalized spacial score (nSPS) is 14.4. The van der Waals surface area contributed by atoms with Gasteiger partial charge in [-0.2, -0.15) is 0 Å². The molecule has 0 saturated heterocycles. The van der Waals surface area contributed by atoms with Gasteiger partial charge in [-0.25, -0.2) is 4.98 Å². The van der Waals surface area contributed by atoms with E-state index in [9.17, 15) is 0 Å². The molecule has 92 valence electrons. The Morgan fingerprint density at radius 1 is 1.50 bits per heavy atom. The van der Waals surface area contributed by atoms with E-state index in [0.29, 0.717) is 0 Å². The van der Waals surface area contributed by atoms with Crippen LogP contribution < -0.4 is 5.32 Å². The molecule has 1 atom stereocenters. The first-order valence-corrected chi connectivity index (χ1v) is 5.79. The summed E-state index contributed by atoms with van der Waals surface area (Å²) in [6, 6.07) is 0.229. The number of aromatic nitrogens is 2. The zero-order valence-electron chi connectivity index (χ0n) is 11.3. The first kappa shape index (κ1) is 13.2. The van der Waals surface area contributed by atoms with Crippen molar-refractivity contribution in [2.75, 3.05) is 20.6 Å².